The van der Waals surface area contributed by atoms with E-state index in [1.165, 1.54) is 16.4 Å². The Morgan fingerprint density at radius 2 is 1.77 bits per heavy atom. The molecule has 7 nitrogen and oxygen atoms in total. The Labute approximate surface area is 258 Å². The Bertz CT molecular complexity index is 1440. The number of hydrogen-bond acceptors (Lipinski definition) is 5. The molecule has 2 aromatic carbocycles. The lowest BCUT2D eigenvalue weighted by molar-refractivity contribution is -0.116. The Balaban J connectivity index is 1.35. The maximum Gasteiger partial charge on any atom is 0.282 e. The first-order chi connectivity index (χ1) is 21.1. The fraction of sp³-hybridized carbons (Fsp3) is 0.606. The number of methoxy groups -OCH3 is 1. The molecule has 0 N–H and O–H groups in total. The van der Waals surface area contributed by atoms with Crippen molar-refractivity contribution in [1.82, 2.24) is 8.61 Å². The number of fused-ring (bicyclic) bond motifs is 1. The van der Waals surface area contributed by atoms with E-state index in [-0.39, 0.29) is 49.0 Å². The van der Waals surface area contributed by atoms with Crippen LogP contribution in [-0.2, 0) is 21.4 Å². The van der Waals surface area contributed by atoms with Crippen molar-refractivity contribution < 1.29 is 31.1 Å². The molecule has 3 atom stereocenters. The maximum atomic E-state index is 13.9. The monoisotopic (exact) mass is 633 g/mol. The molecule has 0 radical (unpaired) electrons. The van der Waals surface area contributed by atoms with Crippen LogP contribution in [0.1, 0.15) is 79.2 Å². The average Bonchev–Trinajstić information content (AvgIpc) is 3.20. The number of nitrogens with zero attached hydrogens (tertiary/aromatic N) is 3. The number of aliphatic imine (C=N–C) groups is 1. The van der Waals surface area contributed by atoms with Crippen LogP contribution in [0.15, 0.2) is 41.4 Å². The zero-order chi connectivity index (χ0) is 30.9. The summed E-state index contributed by atoms with van der Waals surface area (Å²) in [7, 11) is -2.11. The highest BCUT2D eigenvalue weighted by atomic mass is 32.2. The first kappa shape index (κ1) is 31.5. The molecule has 0 bridgehead atoms. The Hall–Kier alpha value is -2.47. The normalized spacial score (nSPS) is 27.0. The summed E-state index contributed by atoms with van der Waals surface area (Å²) in [4.78, 5) is 4.86. The fourth-order valence-electron chi connectivity index (χ4n) is 7.45. The van der Waals surface area contributed by atoms with Crippen molar-refractivity contribution in [3.63, 3.8) is 0 Å². The van der Waals surface area contributed by atoms with Crippen LogP contribution in [0.4, 0.5) is 13.2 Å². The number of aryl methyl sites for hydroxylation is 1. The Morgan fingerprint density at radius 3 is 2.48 bits per heavy atom. The van der Waals surface area contributed by atoms with Gasteiger partial charge in [0.05, 0.1) is 26.4 Å². The molecule has 0 amide bonds. The molecule has 2 aromatic rings. The molecule has 6 rings (SSSR count). The van der Waals surface area contributed by atoms with E-state index in [1.54, 1.807) is 23.5 Å². The zero-order valence-corrected chi connectivity index (χ0v) is 26.1. The molecule has 1 aliphatic carbocycles. The predicted octanol–water partition coefficient (Wildman–Crippen LogP) is 6.14. The van der Waals surface area contributed by atoms with Crippen molar-refractivity contribution >= 4 is 16.4 Å². The number of benzene rings is 2. The lowest BCUT2D eigenvalue weighted by Crippen LogP contribution is -2.50. The molecule has 3 aliphatic heterocycles. The van der Waals surface area contributed by atoms with Crippen molar-refractivity contribution in [2.24, 2.45) is 16.8 Å². The lowest BCUT2D eigenvalue weighted by atomic mass is 9.70. The molecular formula is C33H42F3N3O4S. The van der Waals surface area contributed by atoms with E-state index in [9.17, 15) is 21.6 Å². The third-order valence-electron chi connectivity index (χ3n) is 9.86. The van der Waals surface area contributed by atoms with Crippen molar-refractivity contribution in [2.75, 3.05) is 46.5 Å². The van der Waals surface area contributed by atoms with Crippen molar-refractivity contribution in [1.29, 1.82) is 0 Å². The van der Waals surface area contributed by atoms with Gasteiger partial charge in [-0.3, -0.25) is 4.99 Å². The number of halogens is 3. The second-order valence-electron chi connectivity index (χ2n) is 12.8. The summed E-state index contributed by atoms with van der Waals surface area (Å²) in [6.07, 6.45) is 6.19. The summed E-state index contributed by atoms with van der Waals surface area (Å²) >= 11 is 0. The van der Waals surface area contributed by atoms with Gasteiger partial charge in [-0.15, -0.1) is 0 Å². The molecule has 2 saturated heterocycles. The summed E-state index contributed by atoms with van der Waals surface area (Å²) in [5.41, 5.74) is 3.88. The van der Waals surface area contributed by atoms with E-state index in [0.717, 1.165) is 54.4 Å². The number of ether oxygens (including phenoxy) is 2. The van der Waals surface area contributed by atoms with Gasteiger partial charge < -0.3 is 9.47 Å². The molecule has 11 heteroatoms. The molecule has 0 aromatic heterocycles. The molecule has 1 saturated carbocycles. The molecule has 0 spiro atoms. The highest BCUT2D eigenvalue weighted by Gasteiger charge is 2.47. The van der Waals surface area contributed by atoms with Crippen LogP contribution in [0.3, 0.4) is 0 Å². The van der Waals surface area contributed by atoms with Crippen molar-refractivity contribution in [2.45, 2.75) is 69.2 Å². The number of rotatable bonds is 7. The molecular weight excluding hydrogens is 591 g/mol. The van der Waals surface area contributed by atoms with Crippen LogP contribution in [0.25, 0.3) is 0 Å². The van der Waals surface area contributed by atoms with Crippen LogP contribution in [0, 0.1) is 17.7 Å². The third kappa shape index (κ3) is 6.85. The van der Waals surface area contributed by atoms with E-state index < -0.39 is 16.1 Å². The van der Waals surface area contributed by atoms with Gasteiger partial charge in [0, 0.05) is 51.2 Å². The quantitative estimate of drug-likeness (QED) is 0.368. The second-order valence-corrected chi connectivity index (χ2v) is 14.7. The Kier molecular flexibility index (Phi) is 9.38. The van der Waals surface area contributed by atoms with Gasteiger partial charge in [-0.2, -0.15) is 17.0 Å². The largest absolute Gasteiger partial charge is 0.496 e. The molecule has 4 aliphatic rings. The van der Waals surface area contributed by atoms with Crippen LogP contribution in [0.2, 0.25) is 0 Å². The van der Waals surface area contributed by atoms with Crippen LogP contribution in [0.5, 0.6) is 5.75 Å². The van der Waals surface area contributed by atoms with Gasteiger partial charge in [0.1, 0.15) is 11.6 Å². The van der Waals surface area contributed by atoms with E-state index >= 15 is 0 Å². The maximum absolute atomic E-state index is 13.9. The molecule has 3 heterocycles. The summed E-state index contributed by atoms with van der Waals surface area (Å²) in [6, 6.07) is 10.5. The summed E-state index contributed by atoms with van der Waals surface area (Å²) in [5.74, 6) is -2.48. The highest BCUT2D eigenvalue weighted by Crippen LogP contribution is 2.49. The number of alkyl halides is 2. The topological polar surface area (TPSA) is 71.4 Å². The lowest BCUT2D eigenvalue weighted by Gasteiger charge is -2.42. The first-order valence-corrected chi connectivity index (χ1v) is 17.2. The fourth-order valence-corrected chi connectivity index (χ4v) is 9.10. The van der Waals surface area contributed by atoms with Gasteiger partial charge >= 0.3 is 0 Å². The highest BCUT2D eigenvalue weighted by molar-refractivity contribution is 7.86. The van der Waals surface area contributed by atoms with Crippen LogP contribution >= 0.6 is 0 Å². The molecule has 3 unspecified atom stereocenters. The van der Waals surface area contributed by atoms with Crippen LogP contribution < -0.4 is 4.74 Å². The summed E-state index contributed by atoms with van der Waals surface area (Å²) in [6.45, 7) is 2.05. The third-order valence-corrected chi connectivity index (χ3v) is 11.9. The van der Waals surface area contributed by atoms with E-state index in [1.807, 2.05) is 12.3 Å². The van der Waals surface area contributed by atoms with Gasteiger partial charge in [-0.05, 0) is 90.5 Å². The second kappa shape index (κ2) is 13.1. The molecule has 44 heavy (non-hydrogen) atoms. The van der Waals surface area contributed by atoms with Gasteiger partial charge in [0.15, 0.2) is 0 Å². The minimum Gasteiger partial charge on any atom is -0.496 e. The molecule has 3 fully saturated rings. The molecule has 240 valence electrons. The van der Waals surface area contributed by atoms with E-state index in [0.29, 0.717) is 45.0 Å². The minimum absolute atomic E-state index is 0.0282. The minimum atomic E-state index is -3.74. The standard InChI is InChI=1S/C33H42F3N3O4S/c1-42-32-18-25-7-10-31(24-5-8-28(34)9-6-24)37-21-27(25)17-29(32)30-22-39(44(40,41)38-12-14-43-15-13-38)11-3-2-4-26(30)16-23-19-33(35,36)20-23/h5-6,8-9,17-18,21,23,26,30-31H,2-4,7,10-16,19-20,22H2,1H3. The summed E-state index contributed by atoms with van der Waals surface area (Å²) < 4.78 is 83.7. The predicted molar refractivity (Wildman–Crippen MR) is 163 cm³/mol. The summed E-state index contributed by atoms with van der Waals surface area (Å²) in [5, 5.41) is 0. The van der Waals surface area contributed by atoms with Gasteiger partial charge in [-0.25, -0.2) is 13.2 Å². The van der Waals surface area contributed by atoms with Crippen molar-refractivity contribution in [3.8, 4) is 5.75 Å². The zero-order valence-electron chi connectivity index (χ0n) is 25.3. The van der Waals surface area contributed by atoms with Gasteiger partial charge in [0.2, 0.25) is 5.92 Å². The van der Waals surface area contributed by atoms with Gasteiger partial charge in [-0.1, -0.05) is 18.6 Å². The van der Waals surface area contributed by atoms with E-state index in [2.05, 4.69) is 6.07 Å². The van der Waals surface area contributed by atoms with E-state index in [4.69, 9.17) is 14.5 Å². The number of morpholine rings is 1. The van der Waals surface area contributed by atoms with Crippen LogP contribution in [-0.4, -0.2) is 75.7 Å². The van der Waals surface area contributed by atoms with Gasteiger partial charge in [0.25, 0.3) is 10.2 Å². The Morgan fingerprint density at radius 1 is 1.02 bits per heavy atom. The SMILES string of the molecule is COc1cc2c(cc1C1CN(S(=O)(=O)N3CCOCC3)CCCCC1CC1CC(F)(F)C1)C=NC(c1ccc(F)cc1)CC2. The average molecular weight is 634 g/mol. The van der Waals surface area contributed by atoms with Crippen molar-refractivity contribution in [3.05, 3.63) is 64.5 Å². The smallest absolute Gasteiger partial charge is 0.282 e. The first-order valence-electron chi connectivity index (χ1n) is 15.8. The number of hydrogen-bond donors (Lipinski definition) is 0.